The van der Waals surface area contributed by atoms with Crippen LogP contribution in [0.2, 0.25) is 0 Å². The molecule has 0 saturated heterocycles. The van der Waals surface area contributed by atoms with E-state index in [0.717, 1.165) is 0 Å². The highest BCUT2D eigenvalue weighted by Crippen LogP contribution is 1.95. The lowest BCUT2D eigenvalue weighted by Gasteiger charge is -1.91. The van der Waals surface area contributed by atoms with Crippen LogP contribution in [0.3, 0.4) is 0 Å². The summed E-state index contributed by atoms with van der Waals surface area (Å²) in [7, 11) is 0. The summed E-state index contributed by atoms with van der Waals surface area (Å²) < 4.78 is 11.4. The topological polar surface area (TPSA) is 0 Å². The second-order valence-electron chi connectivity index (χ2n) is 1.68. The lowest BCUT2D eigenvalue weighted by atomic mass is 10.2. The maximum atomic E-state index is 11.4. The Morgan fingerprint density at radius 3 is 2.75 bits per heavy atom. The van der Waals surface area contributed by atoms with Crippen LogP contribution in [0.5, 0.6) is 0 Å². The van der Waals surface area contributed by atoms with Crippen LogP contribution in [0.1, 0.15) is 6.92 Å². The normalized spacial score (nSPS) is 14.2. The molecule has 0 radical (unpaired) electrons. The minimum Gasteiger partial charge on any atom is -0.247 e. The van der Waals surface area contributed by atoms with E-state index < -0.39 is 0 Å². The molecule has 0 N–H and O–H groups in total. The van der Waals surface area contributed by atoms with Crippen LogP contribution in [-0.2, 0) is 0 Å². The Hall–Kier alpha value is -0.590. The molecule has 0 saturated carbocycles. The predicted octanol–water partition coefficient (Wildman–Crippen LogP) is 2.33. The number of hydrogen-bond donors (Lipinski definition) is 0. The maximum absolute atomic E-state index is 11.4. The van der Waals surface area contributed by atoms with Crippen LogP contribution in [0.15, 0.2) is 24.8 Å². The van der Waals surface area contributed by atoms with Gasteiger partial charge in [0.15, 0.2) is 0 Å². The molecule has 0 aliphatic rings. The molecule has 1 unspecified atom stereocenters. The zero-order chi connectivity index (χ0) is 6.41. The minimum absolute atomic E-state index is 0.297. The van der Waals surface area contributed by atoms with Gasteiger partial charge in [-0.1, -0.05) is 25.2 Å². The zero-order valence-electron chi connectivity index (χ0n) is 5.10. The number of rotatable bonds is 3. The summed E-state index contributed by atoms with van der Waals surface area (Å²) in [5.74, 6) is 0.297. The van der Waals surface area contributed by atoms with Crippen molar-refractivity contribution in [2.24, 2.45) is 5.92 Å². The van der Waals surface area contributed by atoms with Gasteiger partial charge in [0.05, 0.1) is 0 Å². The Balaban J connectivity index is 3.35. The van der Waals surface area contributed by atoms with Crippen molar-refractivity contribution in [2.75, 3.05) is 6.67 Å². The minimum atomic E-state index is -0.377. The SMILES string of the molecule is C=CC(C)/C=C/CF. The van der Waals surface area contributed by atoms with Gasteiger partial charge in [0, 0.05) is 0 Å². The summed E-state index contributed by atoms with van der Waals surface area (Å²) in [6, 6.07) is 0. The van der Waals surface area contributed by atoms with Crippen molar-refractivity contribution >= 4 is 0 Å². The quantitative estimate of drug-likeness (QED) is 0.494. The summed E-state index contributed by atoms with van der Waals surface area (Å²) in [6.45, 7) is 5.12. The summed E-state index contributed by atoms with van der Waals surface area (Å²) in [5.41, 5.74) is 0. The standard InChI is InChI=1S/C7H11F/c1-3-7(2)5-4-6-8/h3-5,7H,1,6H2,2H3/b5-4+. The van der Waals surface area contributed by atoms with E-state index in [9.17, 15) is 4.39 Å². The van der Waals surface area contributed by atoms with Crippen LogP contribution < -0.4 is 0 Å². The molecule has 0 fully saturated rings. The number of allylic oxidation sites excluding steroid dienone is 3. The van der Waals surface area contributed by atoms with Crippen LogP contribution >= 0.6 is 0 Å². The van der Waals surface area contributed by atoms with Gasteiger partial charge in [-0.05, 0) is 5.92 Å². The maximum Gasteiger partial charge on any atom is 0.108 e. The fraction of sp³-hybridized carbons (Fsp3) is 0.429. The van der Waals surface area contributed by atoms with E-state index in [1.807, 2.05) is 6.92 Å². The Kier molecular flexibility index (Phi) is 4.23. The molecule has 0 aliphatic heterocycles. The Labute approximate surface area is 49.7 Å². The van der Waals surface area contributed by atoms with E-state index in [2.05, 4.69) is 6.58 Å². The van der Waals surface area contributed by atoms with Gasteiger partial charge in [-0.25, -0.2) is 4.39 Å². The van der Waals surface area contributed by atoms with Crippen LogP contribution in [-0.4, -0.2) is 6.67 Å². The van der Waals surface area contributed by atoms with E-state index in [1.165, 1.54) is 6.08 Å². The first kappa shape index (κ1) is 7.41. The molecular weight excluding hydrogens is 103 g/mol. The van der Waals surface area contributed by atoms with Crippen molar-refractivity contribution in [3.63, 3.8) is 0 Å². The summed E-state index contributed by atoms with van der Waals surface area (Å²) in [5, 5.41) is 0. The predicted molar refractivity (Wildman–Crippen MR) is 34.5 cm³/mol. The fourth-order valence-electron chi connectivity index (χ4n) is 0.345. The van der Waals surface area contributed by atoms with Gasteiger partial charge in [0.1, 0.15) is 6.67 Å². The van der Waals surface area contributed by atoms with Gasteiger partial charge in [0.2, 0.25) is 0 Å². The van der Waals surface area contributed by atoms with Crippen molar-refractivity contribution in [1.29, 1.82) is 0 Å². The van der Waals surface area contributed by atoms with Crippen LogP contribution in [0, 0.1) is 5.92 Å². The molecule has 0 spiro atoms. The highest BCUT2D eigenvalue weighted by atomic mass is 19.1. The zero-order valence-corrected chi connectivity index (χ0v) is 5.10. The van der Waals surface area contributed by atoms with Crippen molar-refractivity contribution < 1.29 is 4.39 Å². The number of halogens is 1. The molecule has 1 atom stereocenters. The van der Waals surface area contributed by atoms with Crippen LogP contribution in [0.4, 0.5) is 4.39 Å². The van der Waals surface area contributed by atoms with E-state index in [1.54, 1.807) is 12.2 Å². The molecule has 46 valence electrons. The molecule has 0 aliphatic carbocycles. The average molecular weight is 114 g/mol. The highest BCUT2D eigenvalue weighted by Gasteiger charge is 1.83. The van der Waals surface area contributed by atoms with Gasteiger partial charge in [0.25, 0.3) is 0 Å². The molecule has 1 heteroatoms. The van der Waals surface area contributed by atoms with Gasteiger partial charge < -0.3 is 0 Å². The summed E-state index contributed by atoms with van der Waals surface area (Å²) in [4.78, 5) is 0. The Bertz CT molecular complexity index is 84.4. The third-order valence-corrected chi connectivity index (χ3v) is 0.901. The molecule has 0 aromatic carbocycles. The van der Waals surface area contributed by atoms with Crippen molar-refractivity contribution in [2.45, 2.75) is 6.92 Å². The molecule has 0 aromatic heterocycles. The molecule has 0 aromatic rings. The third-order valence-electron chi connectivity index (χ3n) is 0.901. The van der Waals surface area contributed by atoms with Gasteiger partial charge in [-0.3, -0.25) is 0 Å². The van der Waals surface area contributed by atoms with Gasteiger partial charge >= 0.3 is 0 Å². The molecule has 0 amide bonds. The largest absolute Gasteiger partial charge is 0.247 e. The first-order valence-electron chi connectivity index (χ1n) is 2.66. The molecule has 0 bridgehead atoms. The Morgan fingerprint density at radius 1 is 1.75 bits per heavy atom. The first-order chi connectivity index (χ1) is 3.81. The van der Waals surface area contributed by atoms with Gasteiger partial charge in [-0.15, -0.1) is 6.58 Å². The molecule has 0 nitrogen and oxygen atoms in total. The Morgan fingerprint density at radius 2 is 2.38 bits per heavy atom. The summed E-state index contributed by atoms with van der Waals surface area (Å²) in [6.07, 6.45) is 5.05. The second kappa shape index (κ2) is 4.57. The van der Waals surface area contributed by atoms with Crippen molar-refractivity contribution in [1.82, 2.24) is 0 Å². The molecular formula is C7H11F. The third kappa shape index (κ3) is 3.59. The average Bonchev–Trinajstić information content (AvgIpc) is 1.83. The summed E-state index contributed by atoms with van der Waals surface area (Å²) >= 11 is 0. The molecule has 8 heavy (non-hydrogen) atoms. The van der Waals surface area contributed by atoms with Crippen molar-refractivity contribution in [3.05, 3.63) is 24.8 Å². The lowest BCUT2D eigenvalue weighted by Crippen LogP contribution is -1.79. The molecule has 0 heterocycles. The second-order valence-corrected chi connectivity index (χ2v) is 1.68. The molecule has 0 rings (SSSR count). The van der Waals surface area contributed by atoms with E-state index in [-0.39, 0.29) is 6.67 Å². The highest BCUT2D eigenvalue weighted by molar-refractivity contribution is 4.94. The van der Waals surface area contributed by atoms with Crippen molar-refractivity contribution in [3.8, 4) is 0 Å². The fourth-order valence-corrected chi connectivity index (χ4v) is 0.345. The van der Waals surface area contributed by atoms with Crippen LogP contribution in [0.25, 0.3) is 0 Å². The van der Waals surface area contributed by atoms with E-state index in [0.29, 0.717) is 5.92 Å². The van der Waals surface area contributed by atoms with E-state index in [4.69, 9.17) is 0 Å². The monoisotopic (exact) mass is 114 g/mol. The van der Waals surface area contributed by atoms with E-state index >= 15 is 0 Å². The smallest absolute Gasteiger partial charge is 0.108 e. The first-order valence-corrected chi connectivity index (χ1v) is 2.66. The number of hydrogen-bond acceptors (Lipinski definition) is 0. The number of alkyl halides is 1. The lowest BCUT2D eigenvalue weighted by molar-refractivity contribution is 0.560. The van der Waals surface area contributed by atoms with Gasteiger partial charge in [-0.2, -0.15) is 0 Å².